The summed E-state index contributed by atoms with van der Waals surface area (Å²) < 4.78 is 0. The van der Waals surface area contributed by atoms with Crippen LogP contribution >= 0.6 is 0 Å². The summed E-state index contributed by atoms with van der Waals surface area (Å²) >= 11 is 0. The zero-order valence-electron chi connectivity index (χ0n) is 12.0. The molecular weight excluding hydrogens is 248 g/mol. The van der Waals surface area contributed by atoms with Gasteiger partial charge in [0.15, 0.2) is 0 Å². The molecule has 3 rings (SSSR count). The molecule has 1 saturated heterocycles. The molecule has 1 aromatic heterocycles. The molecule has 0 amide bonds. The molecule has 2 heterocycles. The minimum absolute atomic E-state index is 0.303. The Morgan fingerprint density at radius 1 is 1.35 bits per heavy atom. The van der Waals surface area contributed by atoms with Crippen molar-refractivity contribution in [3.63, 3.8) is 0 Å². The van der Waals surface area contributed by atoms with Crippen molar-refractivity contribution in [1.29, 1.82) is 0 Å². The number of hydrogen-bond acceptors (Lipinski definition) is 4. The van der Waals surface area contributed by atoms with Crippen LogP contribution in [0.15, 0.2) is 30.5 Å². The van der Waals surface area contributed by atoms with Crippen LogP contribution in [-0.4, -0.2) is 30.2 Å². The molecule has 4 heteroatoms. The first kappa shape index (κ1) is 13.4. The van der Waals surface area contributed by atoms with Crippen molar-refractivity contribution in [1.82, 2.24) is 4.98 Å². The second kappa shape index (κ2) is 5.83. The predicted octanol–water partition coefficient (Wildman–Crippen LogP) is 2.53. The Balaban J connectivity index is 1.69. The first-order chi connectivity index (χ1) is 9.72. The number of nitrogens with one attached hydrogen (secondary N) is 1. The highest BCUT2D eigenvalue weighted by atomic mass is 15.2. The second-order valence-electron chi connectivity index (χ2n) is 6.00. The summed E-state index contributed by atoms with van der Waals surface area (Å²) in [5.74, 6) is 0.955. The third-order valence-electron chi connectivity index (χ3n) is 4.39. The Morgan fingerprint density at radius 2 is 2.25 bits per heavy atom. The molecule has 0 spiro atoms. The molecule has 2 atom stereocenters. The van der Waals surface area contributed by atoms with Gasteiger partial charge in [-0.15, -0.1) is 0 Å². The van der Waals surface area contributed by atoms with Gasteiger partial charge in [-0.05, 0) is 31.7 Å². The lowest BCUT2D eigenvalue weighted by atomic mass is 9.91. The molecular formula is C16H24N4. The van der Waals surface area contributed by atoms with Gasteiger partial charge in [-0.3, -0.25) is 0 Å². The maximum atomic E-state index is 5.98. The van der Waals surface area contributed by atoms with Crippen LogP contribution in [0.2, 0.25) is 0 Å². The average molecular weight is 272 g/mol. The Bertz CT molecular complexity index is 485. The van der Waals surface area contributed by atoms with Gasteiger partial charge in [0.2, 0.25) is 0 Å². The SMILES string of the molecule is C=C1CCCCC1Nc1cc(N2CC[C@@H](N)C2)ccn1. The minimum Gasteiger partial charge on any atom is -0.370 e. The van der Waals surface area contributed by atoms with Crippen molar-refractivity contribution in [2.75, 3.05) is 23.3 Å². The van der Waals surface area contributed by atoms with Crippen molar-refractivity contribution in [2.45, 2.75) is 44.2 Å². The van der Waals surface area contributed by atoms with Gasteiger partial charge in [0.05, 0.1) is 0 Å². The molecule has 3 N–H and O–H groups in total. The van der Waals surface area contributed by atoms with E-state index in [9.17, 15) is 0 Å². The molecule has 108 valence electrons. The molecule has 2 fully saturated rings. The molecule has 0 radical (unpaired) electrons. The van der Waals surface area contributed by atoms with Crippen molar-refractivity contribution >= 4 is 11.5 Å². The standard InChI is InChI=1S/C16H24N4/c1-12-4-2-3-5-15(12)19-16-10-14(6-8-18-16)20-9-7-13(17)11-20/h6,8,10,13,15H,1-5,7,9,11,17H2,(H,18,19)/t13-,15?/m1/s1. The number of nitrogens with zero attached hydrogens (tertiary/aromatic N) is 2. The largest absolute Gasteiger partial charge is 0.370 e. The lowest BCUT2D eigenvalue weighted by Gasteiger charge is -2.26. The fourth-order valence-electron chi connectivity index (χ4n) is 3.15. The van der Waals surface area contributed by atoms with Crippen LogP contribution in [0.4, 0.5) is 11.5 Å². The van der Waals surface area contributed by atoms with E-state index < -0.39 is 0 Å². The third-order valence-corrected chi connectivity index (χ3v) is 4.39. The fourth-order valence-corrected chi connectivity index (χ4v) is 3.15. The fraction of sp³-hybridized carbons (Fsp3) is 0.562. The van der Waals surface area contributed by atoms with Crippen molar-refractivity contribution in [3.8, 4) is 0 Å². The van der Waals surface area contributed by atoms with Gasteiger partial charge in [0.1, 0.15) is 5.82 Å². The number of hydrogen-bond donors (Lipinski definition) is 2. The molecule has 1 aliphatic heterocycles. The van der Waals surface area contributed by atoms with Gasteiger partial charge < -0.3 is 16.0 Å². The number of rotatable bonds is 3. The van der Waals surface area contributed by atoms with E-state index >= 15 is 0 Å². The Hall–Kier alpha value is -1.55. The Kier molecular flexibility index (Phi) is 3.92. The van der Waals surface area contributed by atoms with Crippen molar-refractivity contribution in [2.24, 2.45) is 5.73 Å². The van der Waals surface area contributed by atoms with Crippen LogP contribution in [0.5, 0.6) is 0 Å². The lowest BCUT2D eigenvalue weighted by molar-refractivity contribution is 0.558. The van der Waals surface area contributed by atoms with E-state index in [2.05, 4.69) is 33.9 Å². The monoisotopic (exact) mass is 272 g/mol. The van der Waals surface area contributed by atoms with Crippen molar-refractivity contribution in [3.05, 3.63) is 30.5 Å². The molecule has 1 unspecified atom stereocenters. The summed E-state index contributed by atoms with van der Waals surface area (Å²) in [6.07, 6.45) is 7.81. The minimum atomic E-state index is 0.303. The average Bonchev–Trinajstić information content (AvgIpc) is 2.89. The van der Waals surface area contributed by atoms with E-state index in [1.807, 2.05) is 6.20 Å². The summed E-state index contributed by atoms with van der Waals surface area (Å²) in [4.78, 5) is 6.79. The summed E-state index contributed by atoms with van der Waals surface area (Å²) in [6.45, 7) is 6.17. The highest BCUT2D eigenvalue weighted by Crippen LogP contribution is 2.27. The maximum absolute atomic E-state index is 5.98. The number of anilines is 2. The normalized spacial score (nSPS) is 26.9. The van der Waals surface area contributed by atoms with E-state index in [0.29, 0.717) is 12.1 Å². The van der Waals surface area contributed by atoms with E-state index in [1.54, 1.807) is 0 Å². The highest BCUT2D eigenvalue weighted by molar-refractivity contribution is 5.55. The second-order valence-corrected chi connectivity index (χ2v) is 6.00. The molecule has 2 aliphatic rings. The van der Waals surface area contributed by atoms with Crippen LogP contribution in [0.1, 0.15) is 32.1 Å². The molecule has 20 heavy (non-hydrogen) atoms. The molecule has 0 aromatic carbocycles. The van der Waals surface area contributed by atoms with Gasteiger partial charge in [-0.25, -0.2) is 4.98 Å². The number of aromatic nitrogens is 1. The zero-order valence-corrected chi connectivity index (χ0v) is 12.0. The Labute approximate surface area is 121 Å². The van der Waals surface area contributed by atoms with Crippen LogP contribution < -0.4 is 16.0 Å². The smallest absolute Gasteiger partial charge is 0.128 e. The first-order valence-electron chi connectivity index (χ1n) is 7.63. The first-order valence-corrected chi connectivity index (χ1v) is 7.63. The molecule has 0 bridgehead atoms. The van der Waals surface area contributed by atoms with Gasteiger partial charge >= 0.3 is 0 Å². The van der Waals surface area contributed by atoms with E-state index in [0.717, 1.165) is 31.7 Å². The number of pyridine rings is 1. The van der Waals surface area contributed by atoms with Crippen LogP contribution in [-0.2, 0) is 0 Å². The maximum Gasteiger partial charge on any atom is 0.128 e. The van der Waals surface area contributed by atoms with Gasteiger partial charge in [0, 0.05) is 43.1 Å². The summed E-state index contributed by atoms with van der Waals surface area (Å²) in [5.41, 5.74) is 8.51. The lowest BCUT2D eigenvalue weighted by Crippen LogP contribution is -2.27. The van der Waals surface area contributed by atoms with E-state index in [-0.39, 0.29) is 0 Å². The summed E-state index contributed by atoms with van der Waals surface area (Å²) in [7, 11) is 0. The van der Waals surface area contributed by atoms with E-state index in [4.69, 9.17) is 5.73 Å². The van der Waals surface area contributed by atoms with Crippen LogP contribution in [0.3, 0.4) is 0 Å². The molecule has 1 saturated carbocycles. The van der Waals surface area contributed by atoms with Gasteiger partial charge in [-0.2, -0.15) is 0 Å². The Morgan fingerprint density at radius 3 is 3.00 bits per heavy atom. The summed E-state index contributed by atoms with van der Waals surface area (Å²) in [6, 6.07) is 4.89. The molecule has 1 aromatic rings. The van der Waals surface area contributed by atoms with Gasteiger partial charge in [-0.1, -0.05) is 18.6 Å². The van der Waals surface area contributed by atoms with Crippen LogP contribution in [0, 0.1) is 0 Å². The topological polar surface area (TPSA) is 54.2 Å². The van der Waals surface area contributed by atoms with Crippen molar-refractivity contribution < 1.29 is 0 Å². The quantitative estimate of drug-likeness (QED) is 0.830. The van der Waals surface area contributed by atoms with Gasteiger partial charge in [0.25, 0.3) is 0 Å². The van der Waals surface area contributed by atoms with E-state index in [1.165, 1.54) is 30.5 Å². The summed E-state index contributed by atoms with van der Waals surface area (Å²) in [5, 5.41) is 3.54. The number of nitrogens with two attached hydrogens (primary N) is 1. The predicted molar refractivity (Wildman–Crippen MR) is 84.1 cm³/mol. The molecule has 4 nitrogen and oxygen atoms in total. The molecule has 1 aliphatic carbocycles. The highest BCUT2D eigenvalue weighted by Gasteiger charge is 2.21. The zero-order chi connectivity index (χ0) is 13.9. The third kappa shape index (κ3) is 2.96. The van der Waals surface area contributed by atoms with Crippen LogP contribution in [0.25, 0.3) is 0 Å².